The number of aryl methyl sites for hydroxylation is 1. The molecule has 0 unspecified atom stereocenters. The SMILES string of the molecule is Cc1ccc(-c2nc(-c3ccccc3)nc(-c3ccc(-c4ccccc4)cc3)n2)c2c1oc1c(-c3ccc(-c4ccccc4)cc3)cccc12. The molecule has 0 amide bonds. The van der Waals surface area contributed by atoms with Crippen molar-refractivity contribution in [1.29, 1.82) is 0 Å². The zero-order valence-corrected chi connectivity index (χ0v) is 27.4. The lowest BCUT2D eigenvalue weighted by molar-refractivity contribution is 0.667. The van der Waals surface area contributed by atoms with Crippen LogP contribution in [0.25, 0.3) is 89.5 Å². The molecule has 0 N–H and O–H groups in total. The Morgan fingerprint density at radius 1 is 0.340 bits per heavy atom. The molecule has 0 aliphatic rings. The van der Waals surface area contributed by atoms with Gasteiger partial charge in [0, 0.05) is 33.0 Å². The van der Waals surface area contributed by atoms with Crippen molar-refractivity contribution in [3.8, 4) is 67.5 Å². The Hall–Kier alpha value is -6.65. The summed E-state index contributed by atoms with van der Waals surface area (Å²) in [6, 6.07) is 58.6. The van der Waals surface area contributed by atoms with Crippen LogP contribution in [-0.4, -0.2) is 15.0 Å². The van der Waals surface area contributed by atoms with Crippen LogP contribution in [0.4, 0.5) is 0 Å². The Balaban J connectivity index is 1.20. The second kappa shape index (κ2) is 12.4. The summed E-state index contributed by atoms with van der Waals surface area (Å²) in [6.07, 6.45) is 0. The molecule has 2 aromatic heterocycles. The third-order valence-corrected chi connectivity index (χ3v) is 9.30. The molecule has 2 heterocycles. The van der Waals surface area contributed by atoms with Crippen LogP contribution in [0.1, 0.15) is 5.56 Å². The molecule has 0 aliphatic carbocycles. The van der Waals surface area contributed by atoms with Gasteiger partial charge in [0.2, 0.25) is 0 Å². The Morgan fingerprint density at radius 2 is 0.800 bits per heavy atom. The molecule has 0 bridgehead atoms. The van der Waals surface area contributed by atoms with Crippen molar-refractivity contribution >= 4 is 21.9 Å². The van der Waals surface area contributed by atoms with E-state index in [2.05, 4.69) is 134 Å². The number of furan rings is 1. The van der Waals surface area contributed by atoms with Gasteiger partial charge in [-0.15, -0.1) is 0 Å². The number of fused-ring (bicyclic) bond motifs is 3. The molecule has 0 fully saturated rings. The first kappa shape index (κ1) is 29.5. The highest BCUT2D eigenvalue weighted by atomic mass is 16.3. The average Bonchev–Trinajstić information content (AvgIpc) is 3.60. The number of rotatable bonds is 6. The summed E-state index contributed by atoms with van der Waals surface area (Å²) in [5.74, 6) is 1.85. The van der Waals surface area contributed by atoms with E-state index in [0.29, 0.717) is 17.5 Å². The number of hydrogen-bond acceptors (Lipinski definition) is 4. The number of nitrogens with zero attached hydrogens (tertiary/aromatic N) is 3. The molecule has 0 atom stereocenters. The standard InChI is InChI=1S/C46H31N3O/c1-30-20-29-40(41-39-19-11-18-38(43(39)50-42(30)41)35-25-21-33(22-26-35)31-12-5-2-6-13-31)46-48-44(36-16-9-4-10-17-36)47-45(49-46)37-27-23-34(24-28-37)32-14-7-3-8-15-32/h2-29H,1H3. The van der Waals surface area contributed by atoms with Crippen LogP contribution in [0.15, 0.2) is 174 Å². The Kier molecular flexibility index (Phi) is 7.33. The predicted molar refractivity (Wildman–Crippen MR) is 204 cm³/mol. The minimum absolute atomic E-state index is 0.603. The van der Waals surface area contributed by atoms with Gasteiger partial charge in [-0.2, -0.15) is 0 Å². The molecule has 0 aliphatic heterocycles. The van der Waals surface area contributed by atoms with Gasteiger partial charge < -0.3 is 4.42 Å². The fraction of sp³-hybridized carbons (Fsp3) is 0.0217. The van der Waals surface area contributed by atoms with Crippen molar-refractivity contribution in [2.45, 2.75) is 6.92 Å². The molecular weight excluding hydrogens is 611 g/mol. The number of hydrogen-bond donors (Lipinski definition) is 0. The van der Waals surface area contributed by atoms with Gasteiger partial charge in [-0.05, 0) is 40.3 Å². The van der Waals surface area contributed by atoms with Crippen LogP contribution in [0.5, 0.6) is 0 Å². The lowest BCUT2D eigenvalue weighted by Gasteiger charge is -2.10. The maximum Gasteiger partial charge on any atom is 0.164 e. The first-order valence-corrected chi connectivity index (χ1v) is 16.8. The van der Waals surface area contributed by atoms with E-state index in [9.17, 15) is 0 Å². The summed E-state index contributed by atoms with van der Waals surface area (Å²) >= 11 is 0. The van der Waals surface area contributed by atoms with Gasteiger partial charge in [-0.25, -0.2) is 15.0 Å². The molecule has 0 saturated carbocycles. The molecule has 0 radical (unpaired) electrons. The summed E-state index contributed by atoms with van der Waals surface area (Å²) in [5.41, 5.74) is 12.3. The maximum absolute atomic E-state index is 6.76. The highest BCUT2D eigenvalue weighted by Crippen LogP contribution is 2.42. The van der Waals surface area contributed by atoms with Crippen molar-refractivity contribution in [3.05, 3.63) is 175 Å². The topological polar surface area (TPSA) is 51.8 Å². The van der Waals surface area contributed by atoms with Gasteiger partial charge in [-0.3, -0.25) is 0 Å². The van der Waals surface area contributed by atoms with E-state index in [1.807, 2.05) is 42.5 Å². The first-order chi connectivity index (χ1) is 24.7. The molecule has 7 aromatic carbocycles. The van der Waals surface area contributed by atoms with Crippen LogP contribution in [0.2, 0.25) is 0 Å². The molecular formula is C46H31N3O. The van der Waals surface area contributed by atoms with Crippen molar-refractivity contribution in [1.82, 2.24) is 15.0 Å². The average molecular weight is 642 g/mol. The second-order valence-electron chi connectivity index (χ2n) is 12.5. The summed E-state index contributed by atoms with van der Waals surface area (Å²) in [6.45, 7) is 2.09. The highest BCUT2D eigenvalue weighted by Gasteiger charge is 2.21. The molecule has 0 spiro atoms. The summed E-state index contributed by atoms with van der Waals surface area (Å²) in [4.78, 5) is 15.2. The van der Waals surface area contributed by atoms with Gasteiger partial charge in [0.25, 0.3) is 0 Å². The molecule has 4 nitrogen and oxygen atoms in total. The van der Waals surface area contributed by atoms with Gasteiger partial charge in [0.05, 0.1) is 0 Å². The predicted octanol–water partition coefficient (Wildman–Crippen LogP) is 12.1. The van der Waals surface area contributed by atoms with Crippen molar-refractivity contribution in [3.63, 3.8) is 0 Å². The van der Waals surface area contributed by atoms with Gasteiger partial charge in [-0.1, -0.05) is 170 Å². The van der Waals surface area contributed by atoms with Crippen molar-refractivity contribution < 1.29 is 4.42 Å². The summed E-state index contributed by atoms with van der Waals surface area (Å²) in [7, 11) is 0. The van der Waals surface area contributed by atoms with E-state index >= 15 is 0 Å². The van der Waals surface area contributed by atoms with Gasteiger partial charge >= 0.3 is 0 Å². The Labute approximate surface area is 290 Å². The zero-order valence-electron chi connectivity index (χ0n) is 27.4. The highest BCUT2D eigenvalue weighted by molar-refractivity contribution is 6.15. The zero-order chi connectivity index (χ0) is 33.4. The van der Waals surface area contributed by atoms with Crippen LogP contribution < -0.4 is 0 Å². The Morgan fingerprint density at radius 3 is 1.38 bits per heavy atom. The van der Waals surface area contributed by atoms with E-state index in [-0.39, 0.29) is 0 Å². The maximum atomic E-state index is 6.76. The third kappa shape index (κ3) is 5.33. The quantitative estimate of drug-likeness (QED) is 0.181. The van der Waals surface area contributed by atoms with Crippen LogP contribution >= 0.6 is 0 Å². The van der Waals surface area contributed by atoms with Crippen LogP contribution in [-0.2, 0) is 0 Å². The fourth-order valence-electron chi connectivity index (χ4n) is 6.70. The van der Waals surface area contributed by atoms with Gasteiger partial charge in [0.1, 0.15) is 11.2 Å². The molecule has 4 heteroatoms. The van der Waals surface area contributed by atoms with Crippen molar-refractivity contribution in [2.75, 3.05) is 0 Å². The summed E-state index contributed by atoms with van der Waals surface area (Å²) in [5, 5.41) is 2.03. The largest absolute Gasteiger partial charge is 0.455 e. The van der Waals surface area contributed by atoms with Gasteiger partial charge in [0.15, 0.2) is 17.5 Å². The number of benzene rings is 7. The third-order valence-electron chi connectivity index (χ3n) is 9.30. The minimum atomic E-state index is 0.603. The molecule has 0 saturated heterocycles. The molecule has 9 rings (SSSR count). The van der Waals surface area contributed by atoms with E-state index in [0.717, 1.165) is 60.9 Å². The summed E-state index contributed by atoms with van der Waals surface area (Å²) < 4.78 is 6.76. The van der Waals surface area contributed by atoms with Crippen LogP contribution in [0, 0.1) is 6.92 Å². The van der Waals surface area contributed by atoms with E-state index in [1.165, 1.54) is 16.7 Å². The Bertz CT molecular complexity index is 2610. The normalized spacial score (nSPS) is 11.3. The van der Waals surface area contributed by atoms with Crippen LogP contribution in [0.3, 0.4) is 0 Å². The lowest BCUT2D eigenvalue weighted by atomic mass is 9.97. The molecule has 50 heavy (non-hydrogen) atoms. The minimum Gasteiger partial charge on any atom is -0.455 e. The van der Waals surface area contributed by atoms with E-state index < -0.39 is 0 Å². The lowest BCUT2D eigenvalue weighted by Crippen LogP contribution is -2.00. The fourth-order valence-corrected chi connectivity index (χ4v) is 6.70. The monoisotopic (exact) mass is 641 g/mol. The second-order valence-corrected chi connectivity index (χ2v) is 12.5. The molecule has 236 valence electrons. The van der Waals surface area contributed by atoms with E-state index in [1.54, 1.807) is 0 Å². The molecule has 9 aromatic rings. The van der Waals surface area contributed by atoms with Crippen molar-refractivity contribution in [2.24, 2.45) is 0 Å². The first-order valence-electron chi connectivity index (χ1n) is 16.8. The number of para-hydroxylation sites is 1. The smallest absolute Gasteiger partial charge is 0.164 e. The number of aromatic nitrogens is 3. The van der Waals surface area contributed by atoms with E-state index in [4.69, 9.17) is 19.4 Å².